The van der Waals surface area contributed by atoms with Crippen LogP contribution in [0.4, 0.5) is 0 Å². The average Bonchev–Trinajstić information content (AvgIpc) is 2.88. The fraction of sp³-hybridized carbons (Fsp3) is 0.500. The maximum Gasteiger partial charge on any atom is 0.326 e. The molecule has 0 spiro atoms. The third-order valence-electron chi connectivity index (χ3n) is 4.06. The molecule has 4 nitrogen and oxygen atoms in total. The monoisotopic (exact) mass is 275 g/mol. The maximum atomic E-state index is 12.3. The number of hydrogen-bond donors (Lipinski definition) is 1. The third-order valence-corrected chi connectivity index (χ3v) is 4.06. The van der Waals surface area contributed by atoms with Gasteiger partial charge in [-0.05, 0) is 36.8 Å². The van der Waals surface area contributed by atoms with E-state index in [1.54, 1.807) is 0 Å². The Bertz CT molecular complexity index is 512. The molecule has 108 valence electrons. The third kappa shape index (κ3) is 3.00. The molecule has 2 atom stereocenters. The van der Waals surface area contributed by atoms with E-state index in [-0.39, 0.29) is 11.8 Å². The van der Waals surface area contributed by atoms with Crippen LogP contribution < -0.4 is 0 Å². The molecule has 1 saturated heterocycles. The second-order valence-corrected chi connectivity index (χ2v) is 5.55. The van der Waals surface area contributed by atoms with Crippen molar-refractivity contribution < 1.29 is 14.7 Å². The zero-order chi connectivity index (χ0) is 14.7. The van der Waals surface area contributed by atoms with Crippen LogP contribution in [0.1, 0.15) is 43.2 Å². The number of carbonyl (C=O) groups excluding carboxylic acids is 1. The number of hydrogen-bond acceptors (Lipinski definition) is 2. The average molecular weight is 275 g/mol. The lowest BCUT2D eigenvalue weighted by Crippen LogP contribution is -2.40. The van der Waals surface area contributed by atoms with Gasteiger partial charge in [0.25, 0.3) is 0 Å². The van der Waals surface area contributed by atoms with Crippen molar-refractivity contribution >= 4 is 11.9 Å². The number of rotatable bonds is 4. The van der Waals surface area contributed by atoms with Gasteiger partial charge in [0.05, 0.1) is 0 Å². The Balaban J connectivity index is 2.04. The van der Waals surface area contributed by atoms with Gasteiger partial charge in [-0.15, -0.1) is 0 Å². The summed E-state index contributed by atoms with van der Waals surface area (Å²) in [6, 6.07) is 7.39. The van der Waals surface area contributed by atoms with Crippen LogP contribution in [0, 0.1) is 6.92 Å². The van der Waals surface area contributed by atoms with Crippen molar-refractivity contribution in [3.8, 4) is 0 Å². The van der Waals surface area contributed by atoms with E-state index < -0.39 is 12.0 Å². The number of likely N-dealkylation sites (tertiary alicyclic amines) is 1. The van der Waals surface area contributed by atoms with E-state index in [0.717, 1.165) is 12.0 Å². The molecule has 0 bridgehead atoms. The molecule has 1 fully saturated rings. The van der Waals surface area contributed by atoms with Crippen LogP contribution in [0.2, 0.25) is 0 Å². The number of carboxylic acid groups (broad SMARTS) is 1. The van der Waals surface area contributed by atoms with Gasteiger partial charge in [0.15, 0.2) is 0 Å². The van der Waals surface area contributed by atoms with Gasteiger partial charge in [-0.3, -0.25) is 4.79 Å². The van der Waals surface area contributed by atoms with Crippen LogP contribution in [0.15, 0.2) is 24.3 Å². The van der Waals surface area contributed by atoms with Gasteiger partial charge in [0, 0.05) is 13.0 Å². The SMILES string of the molecule is Cc1ccccc1[C@@H](C)CC(=O)N1CCC[C@@H]1C(=O)O. The molecule has 1 heterocycles. The number of carbonyl (C=O) groups is 2. The number of aliphatic carboxylic acids is 1. The second kappa shape index (κ2) is 6.07. The lowest BCUT2D eigenvalue weighted by atomic mass is 9.93. The topological polar surface area (TPSA) is 57.6 Å². The molecule has 1 aromatic rings. The lowest BCUT2D eigenvalue weighted by Gasteiger charge is -2.23. The summed E-state index contributed by atoms with van der Waals surface area (Å²) in [6.07, 6.45) is 1.72. The molecule has 4 heteroatoms. The summed E-state index contributed by atoms with van der Waals surface area (Å²) in [7, 11) is 0. The van der Waals surface area contributed by atoms with Crippen molar-refractivity contribution in [3.05, 3.63) is 35.4 Å². The molecule has 1 aliphatic rings. The zero-order valence-electron chi connectivity index (χ0n) is 12.0. The van der Waals surface area contributed by atoms with E-state index in [1.807, 2.05) is 38.1 Å². The Kier molecular flexibility index (Phi) is 4.42. The van der Waals surface area contributed by atoms with E-state index >= 15 is 0 Å². The van der Waals surface area contributed by atoms with Crippen molar-refractivity contribution in [1.29, 1.82) is 0 Å². The molecule has 0 unspecified atom stereocenters. The van der Waals surface area contributed by atoms with Crippen molar-refractivity contribution in [2.75, 3.05) is 6.54 Å². The highest BCUT2D eigenvalue weighted by Crippen LogP contribution is 2.26. The first-order chi connectivity index (χ1) is 9.50. The molecule has 1 aromatic carbocycles. The first-order valence-corrected chi connectivity index (χ1v) is 7.08. The molecule has 20 heavy (non-hydrogen) atoms. The first-order valence-electron chi connectivity index (χ1n) is 7.08. The highest BCUT2D eigenvalue weighted by Gasteiger charge is 2.34. The Labute approximate surface area is 119 Å². The fourth-order valence-electron chi connectivity index (χ4n) is 2.95. The summed E-state index contributed by atoms with van der Waals surface area (Å²) >= 11 is 0. The molecule has 1 amide bonds. The highest BCUT2D eigenvalue weighted by atomic mass is 16.4. The van der Waals surface area contributed by atoms with E-state index in [9.17, 15) is 9.59 Å². The van der Waals surface area contributed by atoms with Crippen LogP contribution >= 0.6 is 0 Å². The standard InChI is InChI=1S/C16H21NO3/c1-11-6-3-4-7-13(11)12(2)10-15(18)17-9-5-8-14(17)16(19)20/h3-4,6-7,12,14H,5,8-10H2,1-2H3,(H,19,20)/t12-,14+/m0/s1. The summed E-state index contributed by atoms with van der Waals surface area (Å²) in [5.74, 6) is -0.830. The fourth-order valence-corrected chi connectivity index (χ4v) is 2.95. The highest BCUT2D eigenvalue weighted by molar-refractivity contribution is 5.84. The Morgan fingerprint density at radius 1 is 1.40 bits per heavy atom. The van der Waals surface area contributed by atoms with Crippen molar-refractivity contribution in [2.45, 2.75) is 45.1 Å². The van der Waals surface area contributed by atoms with Crippen molar-refractivity contribution in [3.63, 3.8) is 0 Å². The second-order valence-electron chi connectivity index (χ2n) is 5.55. The van der Waals surface area contributed by atoms with Gasteiger partial charge < -0.3 is 10.0 Å². The Morgan fingerprint density at radius 2 is 2.10 bits per heavy atom. The van der Waals surface area contributed by atoms with E-state index in [4.69, 9.17) is 5.11 Å². The lowest BCUT2D eigenvalue weighted by molar-refractivity contribution is -0.148. The van der Waals surface area contributed by atoms with Crippen LogP contribution in [-0.2, 0) is 9.59 Å². The molecular formula is C16H21NO3. The first kappa shape index (κ1) is 14.6. The molecule has 2 rings (SSSR count). The van der Waals surface area contributed by atoms with E-state index in [0.29, 0.717) is 19.4 Å². The smallest absolute Gasteiger partial charge is 0.326 e. The predicted octanol–water partition coefficient (Wildman–Crippen LogP) is 2.56. The number of nitrogens with zero attached hydrogens (tertiary/aromatic N) is 1. The van der Waals surface area contributed by atoms with Gasteiger partial charge in [0.1, 0.15) is 6.04 Å². The number of aryl methyl sites for hydroxylation is 1. The van der Waals surface area contributed by atoms with Crippen LogP contribution in [0.3, 0.4) is 0 Å². The van der Waals surface area contributed by atoms with Crippen LogP contribution in [0.25, 0.3) is 0 Å². The predicted molar refractivity (Wildman–Crippen MR) is 76.6 cm³/mol. The van der Waals surface area contributed by atoms with Gasteiger partial charge in [-0.2, -0.15) is 0 Å². The van der Waals surface area contributed by atoms with Gasteiger partial charge in [0.2, 0.25) is 5.91 Å². The Morgan fingerprint density at radius 3 is 2.75 bits per heavy atom. The van der Waals surface area contributed by atoms with E-state index in [2.05, 4.69) is 0 Å². The van der Waals surface area contributed by atoms with Gasteiger partial charge in [-0.1, -0.05) is 31.2 Å². The maximum absolute atomic E-state index is 12.3. The number of carboxylic acids is 1. The normalized spacial score (nSPS) is 19.9. The van der Waals surface area contributed by atoms with Crippen molar-refractivity contribution in [1.82, 2.24) is 4.90 Å². The van der Waals surface area contributed by atoms with Crippen molar-refractivity contribution in [2.24, 2.45) is 0 Å². The van der Waals surface area contributed by atoms with E-state index in [1.165, 1.54) is 10.5 Å². The molecule has 1 aliphatic heterocycles. The molecule has 0 radical (unpaired) electrons. The molecular weight excluding hydrogens is 254 g/mol. The van der Waals surface area contributed by atoms with Gasteiger partial charge in [-0.25, -0.2) is 4.79 Å². The number of benzene rings is 1. The molecule has 1 N–H and O–H groups in total. The molecule has 0 saturated carbocycles. The Hall–Kier alpha value is -1.84. The molecule has 0 aliphatic carbocycles. The summed E-state index contributed by atoms with van der Waals surface area (Å²) in [6.45, 7) is 4.62. The number of amides is 1. The van der Waals surface area contributed by atoms with Gasteiger partial charge >= 0.3 is 5.97 Å². The summed E-state index contributed by atoms with van der Waals surface area (Å²) in [4.78, 5) is 25.0. The zero-order valence-corrected chi connectivity index (χ0v) is 12.0. The summed E-state index contributed by atoms with van der Waals surface area (Å²) in [5, 5.41) is 9.13. The minimum Gasteiger partial charge on any atom is -0.480 e. The minimum absolute atomic E-state index is 0.0503. The summed E-state index contributed by atoms with van der Waals surface area (Å²) in [5.41, 5.74) is 2.33. The molecule has 0 aromatic heterocycles. The quantitative estimate of drug-likeness (QED) is 0.918. The summed E-state index contributed by atoms with van der Waals surface area (Å²) < 4.78 is 0. The van der Waals surface area contributed by atoms with Crippen LogP contribution in [-0.4, -0.2) is 34.5 Å². The minimum atomic E-state index is -0.889. The largest absolute Gasteiger partial charge is 0.480 e. The van der Waals surface area contributed by atoms with Crippen LogP contribution in [0.5, 0.6) is 0 Å².